The van der Waals surface area contributed by atoms with Crippen molar-refractivity contribution in [1.29, 1.82) is 0 Å². The molecule has 0 unspecified atom stereocenters. The maximum absolute atomic E-state index is 12.6. The van der Waals surface area contributed by atoms with Gasteiger partial charge in [-0.05, 0) is 52.7 Å². The van der Waals surface area contributed by atoms with Crippen LogP contribution in [0.5, 0.6) is 0 Å². The van der Waals surface area contributed by atoms with E-state index < -0.39 is 17.5 Å². The highest BCUT2D eigenvalue weighted by Crippen LogP contribution is 2.37. The van der Waals surface area contributed by atoms with E-state index in [1.165, 1.54) is 7.11 Å². The van der Waals surface area contributed by atoms with Crippen LogP contribution >= 0.6 is 0 Å². The molecule has 0 aliphatic carbocycles. The minimum absolute atomic E-state index is 0.323. The number of para-hydroxylation sites is 1. The third-order valence-electron chi connectivity index (χ3n) is 4.12. The van der Waals surface area contributed by atoms with Gasteiger partial charge in [-0.3, -0.25) is 0 Å². The first-order valence-electron chi connectivity index (χ1n) is 8.10. The number of urea groups is 1. The summed E-state index contributed by atoms with van der Waals surface area (Å²) in [7, 11) is 1.35. The van der Waals surface area contributed by atoms with E-state index >= 15 is 0 Å². The van der Waals surface area contributed by atoms with Gasteiger partial charge in [-0.1, -0.05) is 18.2 Å². The molecule has 2 rings (SSSR count). The van der Waals surface area contributed by atoms with Crippen molar-refractivity contribution < 1.29 is 14.3 Å². The Morgan fingerprint density at radius 2 is 1.58 bits per heavy atom. The SMILES string of the molecule is COC(=O)C1(NC(=O)Nc2ccccc2)CC(C)(C)NC(C)(C)C1. The van der Waals surface area contributed by atoms with Crippen molar-refractivity contribution in [3.8, 4) is 0 Å². The Morgan fingerprint density at radius 3 is 2.08 bits per heavy atom. The van der Waals surface area contributed by atoms with Crippen molar-refractivity contribution in [2.45, 2.75) is 57.2 Å². The molecule has 1 fully saturated rings. The van der Waals surface area contributed by atoms with Crippen molar-refractivity contribution in [1.82, 2.24) is 10.6 Å². The van der Waals surface area contributed by atoms with Crippen LogP contribution in [0.3, 0.4) is 0 Å². The first-order chi connectivity index (χ1) is 11.1. The summed E-state index contributed by atoms with van der Waals surface area (Å²) in [6.45, 7) is 8.07. The summed E-state index contributed by atoms with van der Waals surface area (Å²) in [6.07, 6.45) is 0.886. The maximum atomic E-state index is 12.6. The summed E-state index contributed by atoms with van der Waals surface area (Å²) in [6, 6.07) is 8.71. The van der Waals surface area contributed by atoms with Gasteiger partial charge in [0.15, 0.2) is 0 Å². The molecule has 0 spiro atoms. The highest BCUT2D eigenvalue weighted by molar-refractivity contribution is 5.94. The summed E-state index contributed by atoms with van der Waals surface area (Å²) < 4.78 is 5.02. The highest BCUT2D eigenvalue weighted by atomic mass is 16.5. The number of anilines is 1. The maximum Gasteiger partial charge on any atom is 0.331 e. The molecule has 1 aliphatic rings. The number of rotatable bonds is 3. The Hall–Kier alpha value is -2.08. The molecule has 0 aromatic heterocycles. The topological polar surface area (TPSA) is 79.5 Å². The second kappa shape index (κ2) is 6.43. The molecular weight excluding hydrogens is 306 g/mol. The summed E-state index contributed by atoms with van der Waals surface area (Å²) in [5.41, 5.74) is -1.06. The average molecular weight is 333 g/mol. The van der Waals surface area contributed by atoms with Crippen molar-refractivity contribution in [2.24, 2.45) is 0 Å². The largest absolute Gasteiger partial charge is 0.467 e. The van der Waals surface area contributed by atoms with Crippen LogP contribution < -0.4 is 16.0 Å². The molecule has 0 bridgehead atoms. The van der Waals surface area contributed by atoms with Crippen LogP contribution in [0.2, 0.25) is 0 Å². The highest BCUT2D eigenvalue weighted by Gasteiger charge is 2.53. The Kier molecular flexibility index (Phi) is 4.90. The fourth-order valence-electron chi connectivity index (χ4n) is 3.96. The zero-order chi connectivity index (χ0) is 18.0. The van der Waals surface area contributed by atoms with Crippen LogP contribution in [0, 0.1) is 0 Å². The first-order valence-corrected chi connectivity index (χ1v) is 8.10. The van der Waals surface area contributed by atoms with Gasteiger partial charge in [0.05, 0.1) is 7.11 Å². The van der Waals surface area contributed by atoms with Crippen LogP contribution in [0.4, 0.5) is 10.5 Å². The normalized spacial score (nSPS) is 20.7. The predicted molar refractivity (Wildman–Crippen MR) is 93.9 cm³/mol. The lowest BCUT2D eigenvalue weighted by atomic mass is 9.71. The minimum atomic E-state index is -1.08. The molecule has 1 aromatic carbocycles. The van der Waals surface area contributed by atoms with Gasteiger partial charge in [-0.2, -0.15) is 0 Å². The van der Waals surface area contributed by atoms with E-state index in [9.17, 15) is 9.59 Å². The Bertz CT molecular complexity index is 595. The second-order valence-corrected chi connectivity index (χ2v) is 7.77. The predicted octanol–water partition coefficient (Wildman–Crippen LogP) is 2.66. The molecule has 6 heteroatoms. The van der Waals surface area contributed by atoms with Gasteiger partial charge in [0.1, 0.15) is 5.54 Å². The number of benzene rings is 1. The van der Waals surface area contributed by atoms with Crippen molar-refractivity contribution in [2.75, 3.05) is 12.4 Å². The third-order valence-corrected chi connectivity index (χ3v) is 4.12. The van der Waals surface area contributed by atoms with Crippen LogP contribution in [-0.2, 0) is 9.53 Å². The molecule has 0 radical (unpaired) electrons. The number of amides is 2. The van der Waals surface area contributed by atoms with Crippen molar-refractivity contribution >= 4 is 17.7 Å². The molecule has 132 valence electrons. The van der Waals surface area contributed by atoms with Gasteiger partial charge < -0.3 is 20.7 Å². The lowest BCUT2D eigenvalue weighted by Crippen LogP contribution is -2.71. The number of ether oxygens (including phenoxy) is 1. The smallest absolute Gasteiger partial charge is 0.331 e. The summed E-state index contributed by atoms with van der Waals surface area (Å²) in [5, 5.41) is 9.16. The minimum Gasteiger partial charge on any atom is -0.467 e. The third kappa shape index (κ3) is 4.26. The van der Waals surface area contributed by atoms with Crippen LogP contribution in [0.25, 0.3) is 0 Å². The zero-order valence-corrected chi connectivity index (χ0v) is 15.0. The zero-order valence-electron chi connectivity index (χ0n) is 15.0. The summed E-state index contributed by atoms with van der Waals surface area (Å²) >= 11 is 0. The average Bonchev–Trinajstić information content (AvgIpc) is 2.43. The summed E-state index contributed by atoms with van der Waals surface area (Å²) in [4.78, 5) is 25.0. The fraction of sp³-hybridized carbons (Fsp3) is 0.556. The standard InChI is InChI=1S/C18H27N3O3/c1-16(2)11-18(14(22)24-5,12-17(3,4)21-16)20-15(23)19-13-9-7-6-8-10-13/h6-10,21H,11-12H2,1-5H3,(H2,19,20,23). The summed E-state index contributed by atoms with van der Waals surface area (Å²) in [5.74, 6) is -0.423. The molecule has 1 aliphatic heterocycles. The van der Waals surface area contributed by atoms with E-state index in [4.69, 9.17) is 4.74 Å². The molecule has 3 N–H and O–H groups in total. The van der Waals surface area contributed by atoms with Crippen LogP contribution in [0.15, 0.2) is 30.3 Å². The number of nitrogens with one attached hydrogen (secondary N) is 3. The van der Waals surface area contributed by atoms with E-state index in [1.54, 1.807) is 12.1 Å². The number of piperidine rings is 1. The molecular formula is C18H27N3O3. The molecule has 2 amide bonds. The molecule has 1 heterocycles. The van der Waals surface area contributed by atoms with Gasteiger partial charge in [-0.15, -0.1) is 0 Å². The van der Waals surface area contributed by atoms with Crippen molar-refractivity contribution in [3.05, 3.63) is 30.3 Å². The first kappa shape index (κ1) is 18.3. The Morgan fingerprint density at radius 1 is 1.04 bits per heavy atom. The van der Waals surface area contributed by atoms with Crippen LogP contribution in [-0.4, -0.2) is 35.7 Å². The Labute approximate surface area is 143 Å². The number of carbonyl (C=O) groups is 2. The second-order valence-electron chi connectivity index (χ2n) is 7.77. The van der Waals surface area contributed by atoms with E-state index in [1.807, 2.05) is 45.9 Å². The van der Waals surface area contributed by atoms with Gasteiger partial charge >= 0.3 is 12.0 Å². The lowest BCUT2D eigenvalue weighted by molar-refractivity contribution is -0.152. The number of esters is 1. The molecule has 24 heavy (non-hydrogen) atoms. The van der Waals surface area contributed by atoms with E-state index in [0.717, 1.165) is 0 Å². The van der Waals surface area contributed by atoms with Gasteiger partial charge in [0.25, 0.3) is 0 Å². The van der Waals surface area contributed by atoms with E-state index in [0.29, 0.717) is 18.5 Å². The molecule has 1 aromatic rings. The van der Waals surface area contributed by atoms with E-state index in [2.05, 4.69) is 16.0 Å². The molecule has 0 saturated carbocycles. The number of hydrogen-bond donors (Lipinski definition) is 3. The molecule has 6 nitrogen and oxygen atoms in total. The van der Waals surface area contributed by atoms with Gasteiger partial charge in [0, 0.05) is 16.8 Å². The Balaban J connectivity index is 2.25. The monoisotopic (exact) mass is 333 g/mol. The quantitative estimate of drug-likeness (QED) is 0.743. The van der Waals surface area contributed by atoms with Gasteiger partial charge in [0.2, 0.25) is 0 Å². The van der Waals surface area contributed by atoms with E-state index in [-0.39, 0.29) is 11.1 Å². The number of methoxy groups -OCH3 is 1. The fourth-order valence-corrected chi connectivity index (χ4v) is 3.96. The molecule has 0 atom stereocenters. The number of carbonyl (C=O) groups excluding carboxylic acids is 2. The van der Waals surface area contributed by atoms with Crippen LogP contribution in [0.1, 0.15) is 40.5 Å². The lowest BCUT2D eigenvalue weighted by Gasteiger charge is -2.51. The molecule has 1 saturated heterocycles. The van der Waals surface area contributed by atoms with Crippen molar-refractivity contribution in [3.63, 3.8) is 0 Å². The number of hydrogen-bond acceptors (Lipinski definition) is 4. The van der Waals surface area contributed by atoms with Gasteiger partial charge in [-0.25, -0.2) is 9.59 Å².